The van der Waals surface area contributed by atoms with E-state index in [4.69, 9.17) is 9.47 Å². The Morgan fingerprint density at radius 1 is 1.12 bits per heavy atom. The Bertz CT molecular complexity index is 674. The van der Waals surface area contributed by atoms with Crippen molar-refractivity contribution in [3.8, 4) is 17.2 Å². The number of hydrogen-bond donors (Lipinski definition) is 2. The van der Waals surface area contributed by atoms with Gasteiger partial charge in [0, 0.05) is 13.1 Å². The zero-order chi connectivity index (χ0) is 17.6. The third kappa shape index (κ3) is 5.06. The minimum absolute atomic E-state index is 0.0528. The number of phenols is 1. The van der Waals surface area contributed by atoms with Gasteiger partial charge in [-0.3, -0.25) is 0 Å². The SMILES string of the molecule is COc1ccc(CNCCOc2cccc(C(F)(F)F)c2)cc1O. The fourth-order valence-corrected chi connectivity index (χ4v) is 2.08. The average molecular weight is 341 g/mol. The molecule has 0 bridgehead atoms. The number of ether oxygens (including phenoxy) is 2. The minimum atomic E-state index is -4.38. The van der Waals surface area contributed by atoms with Gasteiger partial charge in [0.15, 0.2) is 11.5 Å². The first-order valence-electron chi connectivity index (χ1n) is 7.27. The summed E-state index contributed by atoms with van der Waals surface area (Å²) in [6, 6.07) is 9.81. The van der Waals surface area contributed by atoms with Gasteiger partial charge in [0.05, 0.1) is 12.7 Å². The Morgan fingerprint density at radius 3 is 2.58 bits per heavy atom. The van der Waals surface area contributed by atoms with Crippen LogP contribution < -0.4 is 14.8 Å². The van der Waals surface area contributed by atoms with Gasteiger partial charge in [-0.1, -0.05) is 12.1 Å². The van der Waals surface area contributed by atoms with Gasteiger partial charge in [-0.15, -0.1) is 0 Å². The lowest BCUT2D eigenvalue weighted by Gasteiger charge is -2.11. The molecule has 0 aliphatic rings. The Labute approximate surface area is 137 Å². The lowest BCUT2D eigenvalue weighted by molar-refractivity contribution is -0.137. The molecule has 0 saturated carbocycles. The maximum absolute atomic E-state index is 12.6. The molecule has 0 spiro atoms. The molecule has 7 heteroatoms. The lowest BCUT2D eigenvalue weighted by atomic mass is 10.2. The monoisotopic (exact) mass is 341 g/mol. The third-order valence-electron chi connectivity index (χ3n) is 3.28. The summed E-state index contributed by atoms with van der Waals surface area (Å²) in [5.74, 6) is 0.623. The van der Waals surface area contributed by atoms with E-state index >= 15 is 0 Å². The van der Waals surface area contributed by atoms with Crippen molar-refractivity contribution in [1.82, 2.24) is 5.32 Å². The van der Waals surface area contributed by atoms with Crippen molar-refractivity contribution in [2.45, 2.75) is 12.7 Å². The van der Waals surface area contributed by atoms with Crippen LogP contribution in [0.15, 0.2) is 42.5 Å². The van der Waals surface area contributed by atoms with Crippen molar-refractivity contribution in [2.75, 3.05) is 20.3 Å². The first-order valence-corrected chi connectivity index (χ1v) is 7.27. The van der Waals surface area contributed by atoms with Crippen LogP contribution in [0.5, 0.6) is 17.2 Å². The predicted molar refractivity (Wildman–Crippen MR) is 83.3 cm³/mol. The highest BCUT2D eigenvalue weighted by molar-refractivity contribution is 5.41. The number of alkyl halides is 3. The molecular formula is C17H18F3NO3. The molecule has 0 atom stereocenters. The number of nitrogens with one attached hydrogen (secondary N) is 1. The highest BCUT2D eigenvalue weighted by Gasteiger charge is 2.30. The fraction of sp³-hybridized carbons (Fsp3) is 0.294. The summed E-state index contributed by atoms with van der Waals surface area (Å²) in [6.07, 6.45) is -4.38. The van der Waals surface area contributed by atoms with Crippen LogP contribution in [0.25, 0.3) is 0 Å². The van der Waals surface area contributed by atoms with E-state index in [0.29, 0.717) is 18.8 Å². The molecule has 4 nitrogen and oxygen atoms in total. The normalized spacial score (nSPS) is 11.3. The molecule has 2 rings (SSSR count). The number of hydrogen-bond acceptors (Lipinski definition) is 4. The van der Waals surface area contributed by atoms with Crippen molar-refractivity contribution in [3.63, 3.8) is 0 Å². The van der Waals surface area contributed by atoms with Gasteiger partial charge in [0.25, 0.3) is 0 Å². The molecule has 2 aromatic carbocycles. The summed E-state index contributed by atoms with van der Waals surface area (Å²) in [6.45, 7) is 1.16. The molecule has 2 aromatic rings. The molecule has 0 heterocycles. The maximum atomic E-state index is 12.6. The van der Waals surface area contributed by atoms with E-state index in [-0.39, 0.29) is 18.1 Å². The molecule has 0 aliphatic carbocycles. The summed E-state index contributed by atoms with van der Waals surface area (Å²) in [5.41, 5.74) is 0.119. The van der Waals surface area contributed by atoms with E-state index in [1.807, 2.05) is 0 Å². The molecule has 0 fully saturated rings. The van der Waals surface area contributed by atoms with Crippen LogP contribution in [0.3, 0.4) is 0 Å². The van der Waals surface area contributed by atoms with Crippen molar-refractivity contribution in [3.05, 3.63) is 53.6 Å². The standard InChI is InChI=1S/C17H18F3NO3/c1-23-16-6-5-12(9-15(16)22)11-21-7-8-24-14-4-2-3-13(10-14)17(18,19)20/h2-6,9-10,21-22H,7-8,11H2,1H3. The first-order chi connectivity index (χ1) is 11.4. The average Bonchev–Trinajstić information content (AvgIpc) is 2.54. The molecule has 0 aliphatic heterocycles. The number of methoxy groups -OCH3 is 1. The summed E-state index contributed by atoms with van der Waals surface area (Å²) < 4.78 is 48.0. The fourth-order valence-electron chi connectivity index (χ4n) is 2.08. The molecule has 0 unspecified atom stereocenters. The molecule has 2 N–H and O–H groups in total. The van der Waals surface area contributed by atoms with Crippen LogP contribution in [0.1, 0.15) is 11.1 Å². The Kier molecular flexibility index (Phi) is 5.92. The quantitative estimate of drug-likeness (QED) is 0.756. The summed E-state index contributed by atoms with van der Waals surface area (Å²) >= 11 is 0. The number of rotatable bonds is 7. The third-order valence-corrected chi connectivity index (χ3v) is 3.28. The van der Waals surface area contributed by atoms with Crippen LogP contribution in [0, 0.1) is 0 Å². The van der Waals surface area contributed by atoms with E-state index in [9.17, 15) is 18.3 Å². The number of halogens is 3. The van der Waals surface area contributed by atoms with Crippen molar-refractivity contribution in [2.24, 2.45) is 0 Å². The molecule has 24 heavy (non-hydrogen) atoms. The van der Waals surface area contributed by atoms with Gasteiger partial charge >= 0.3 is 6.18 Å². The second-order valence-electron chi connectivity index (χ2n) is 5.06. The van der Waals surface area contributed by atoms with Crippen LogP contribution in [0.4, 0.5) is 13.2 Å². The Balaban J connectivity index is 1.76. The Hall–Kier alpha value is -2.41. The van der Waals surface area contributed by atoms with Crippen molar-refractivity contribution < 1.29 is 27.8 Å². The van der Waals surface area contributed by atoms with Gasteiger partial charge in [0.1, 0.15) is 12.4 Å². The molecular weight excluding hydrogens is 323 g/mol. The zero-order valence-corrected chi connectivity index (χ0v) is 13.1. The second-order valence-corrected chi connectivity index (χ2v) is 5.06. The van der Waals surface area contributed by atoms with Crippen molar-refractivity contribution >= 4 is 0 Å². The van der Waals surface area contributed by atoms with E-state index in [1.165, 1.54) is 19.2 Å². The van der Waals surface area contributed by atoms with E-state index in [1.54, 1.807) is 18.2 Å². The van der Waals surface area contributed by atoms with Gasteiger partial charge in [-0.2, -0.15) is 13.2 Å². The van der Waals surface area contributed by atoms with Crippen LogP contribution >= 0.6 is 0 Å². The van der Waals surface area contributed by atoms with Crippen LogP contribution in [0.2, 0.25) is 0 Å². The van der Waals surface area contributed by atoms with Gasteiger partial charge in [-0.25, -0.2) is 0 Å². The predicted octanol–water partition coefficient (Wildman–Crippen LogP) is 3.59. The largest absolute Gasteiger partial charge is 0.504 e. The number of aromatic hydroxyl groups is 1. The Morgan fingerprint density at radius 2 is 1.92 bits per heavy atom. The second kappa shape index (κ2) is 7.92. The highest BCUT2D eigenvalue weighted by Crippen LogP contribution is 2.31. The molecule has 0 aromatic heterocycles. The molecule has 0 saturated heterocycles. The maximum Gasteiger partial charge on any atom is 0.416 e. The first kappa shape index (κ1) is 17.9. The number of phenolic OH excluding ortho intramolecular Hbond substituents is 1. The van der Waals surface area contributed by atoms with Gasteiger partial charge in [0.2, 0.25) is 0 Å². The smallest absolute Gasteiger partial charge is 0.416 e. The van der Waals surface area contributed by atoms with Gasteiger partial charge in [-0.05, 0) is 35.9 Å². The summed E-state index contributed by atoms with van der Waals surface area (Å²) in [5, 5.41) is 12.7. The lowest BCUT2D eigenvalue weighted by Crippen LogP contribution is -2.20. The zero-order valence-electron chi connectivity index (χ0n) is 13.1. The van der Waals surface area contributed by atoms with E-state index in [0.717, 1.165) is 17.7 Å². The van der Waals surface area contributed by atoms with E-state index < -0.39 is 11.7 Å². The van der Waals surface area contributed by atoms with Gasteiger partial charge < -0.3 is 19.9 Å². The topological polar surface area (TPSA) is 50.7 Å². The van der Waals surface area contributed by atoms with Crippen LogP contribution in [-0.2, 0) is 12.7 Å². The highest BCUT2D eigenvalue weighted by atomic mass is 19.4. The van der Waals surface area contributed by atoms with Crippen molar-refractivity contribution in [1.29, 1.82) is 0 Å². The summed E-state index contributed by atoms with van der Waals surface area (Å²) in [4.78, 5) is 0. The van der Waals surface area contributed by atoms with E-state index in [2.05, 4.69) is 5.32 Å². The minimum Gasteiger partial charge on any atom is -0.504 e. The molecule has 0 radical (unpaired) electrons. The molecule has 130 valence electrons. The van der Waals surface area contributed by atoms with Crippen LogP contribution in [-0.4, -0.2) is 25.4 Å². The summed E-state index contributed by atoms with van der Waals surface area (Å²) in [7, 11) is 1.47. The molecule has 0 amide bonds. The number of benzene rings is 2.